The molecule has 7 heteroatoms. The minimum atomic E-state index is 0.147. The molecule has 1 fully saturated rings. The van der Waals surface area contributed by atoms with Crippen molar-refractivity contribution in [2.75, 3.05) is 12.4 Å². The van der Waals surface area contributed by atoms with Gasteiger partial charge < -0.3 is 16.0 Å². The number of hydrogen-bond donors (Lipinski definition) is 3. The first kappa shape index (κ1) is 20.3. The number of hydrogen-bond acceptors (Lipinski definition) is 4. The highest BCUT2D eigenvalue weighted by Gasteiger charge is 2.22. The molecule has 1 amide bonds. The second-order valence-electron chi connectivity index (χ2n) is 7.20. The fourth-order valence-corrected chi connectivity index (χ4v) is 4.25. The van der Waals surface area contributed by atoms with Gasteiger partial charge in [-0.15, -0.1) is 11.3 Å². The molecule has 1 aliphatic carbocycles. The largest absolute Gasteiger partial charge is 0.352 e. The summed E-state index contributed by atoms with van der Waals surface area (Å²) in [6.07, 6.45) is 4.34. The minimum Gasteiger partial charge on any atom is -0.352 e. The van der Waals surface area contributed by atoms with Gasteiger partial charge in [0.05, 0.1) is 12.2 Å². The van der Waals surface area contributed by atoms with Crippen LogP contribution in [-0.2, 0) is 17.9 Å². The number of thiazole rings is 1. The Morgan fingerprint density at radius 2 is 1.96 bits per heavy atom. The number of aliphatic imine (C=N–C) groups is 1. The molecule has 6 nitrogen and oxygen atoms in total. The maximum atomic E-state index is 12.3. The van der Waals surface area contributed by atoms with Crippen molar-refractivity contribution in [2.45, 2.75) is 52.6 Å². The molecule has 0 atom stereocenters. The summed E-state index contributed by atoms with van der Waals surface area (Å²) in [6, 6.07) is 7.97. The fraction of sp³-hybridized carbons (Fsp3) is 0.476. The Morgan fingerprint density at radius 3 is 2.64 bits per heavy atom. The predicted molar refractivity (Wildman–Crippen MR) is 116 cm³/mol. The van der Waals surface area contributed by atoms with E-state index < -0.39 is 0 Å². The van der Waals surface area contributed by atoms with Crippen LogP contribution in [0, 0.1) is 19.8 Å². The molecule has 1 aromatic carbocycles. The lowest BCUT2D eigenvalue weighted by molar-refractivity contribution is -0.119. The number of amides is 1. The molecule has 150 valence electrons. The van der Waals surface area contributed by atoms with Gasteiger partial charge in [-0.05, 0) is 44.4 Å². The van der Waals surface area contributed by atoms with Crippen molar-refractivity contribution >= 4 is 28.9 Å². The van der Waals surface area contributed by atoms with Gasteiger partial charge in [-0.25, -0.2) is 4.98 Å². The standard InChI is InChI=1S/C21H29N5OS/c1-14-15(2)28-19(25-14)13-24-21(22-3)23-12-16-7-6-10-18(11-16)26-20(27)17-8-4-5-9-17/h6-7,10-11,17H,4-5,8-9,12-13H2,1-3H3,(H,26,27)(H2,22,23,24). The van der Waals surface area contributed by atoms with Crippen molar-refractivity contribution < 1.29 is 4.79 Å². The van der Waals surface area contributed by atoms with Crippen LogP contribution in [0.4, 0.5) is 5.69 Å². The summed E-state index contributed by atoms with van der Waals surface area (Å²) in [7, 11) is 1.76. The number of aryl methyl sites for hydroxylation is 2. The van der Waals surface area contributed by atoms with Crippen molar-refractivity contribution in [1.82, 2.24) is 15.6 Å². The first-order valence-electron chi connectivity index (χ1n) is 9.82. The van der Waals surface area contributed by atoms with Crippen molar-refractivity contribution in [2.24, 2.45) is 10.9 Å². The molecule has 28 heavy (non-hydrogen) atoms. The highest BCUT2D eigenvalue weighted by Crippen LogP contribution is 2.26. The highest BCUT2D eigenvalue weighted by atomic mass is 32.1. The SMILES string of the molecule is CN=C(NCc1cccc(NC(=O)C2CCCC2)c1)NCc1nc(C)c(C)s1. The molecular weight excluding hydrogens is 370 g/mol. The summed E-state index contributed by atoms with van der Waals surface area (Å²) < 4.78 is 0. The molecule has 0 bridgehead atoms. The van der Waals surface area contributed by atoms with E-state index in [2.05, 4.69) is 32.9 Å². The van der Waals surface area contributed by atoms with Crippen molar-refractivity contribution in [1.29, 1.82) is 0 Å². The molecule has 3 rings (SSSR count). The molecule has 0 spiro atoms. The summed E-state index contributed by atoms with van der Waals surface area (Å²) >= 11 is 1.70. The number of nitrogens with one attached hydrogen (secondary N) is 3. The van der Waals surface area contributed by atoms with Crippen LogP contribution in [0.15, 0.2) is 29.3 Å². The fourth-order valence-electron chi connectivity index (χ4n) is 3.37. The smallest absolute Gasteiger partial charge is 0.227 e. The molecule has 0 unspecified atom stereocenters. The summed E-state index contributed by atoms with van der Waals surface area (Å²) in [5.41, 5.74) is 3.03. The normalized spacial score (nSPS) is 14.9. The van der Waals surface area contributed by atoms with E-state index >= 15 is 0 Å². The molecule has 1 saturated carbocycles. The topological polar surface area (TPSA) is 78.4 Å². The van der Waals surface area contributed by atoms with Gasteiger partial charge in [0.1, 0.15) is 5.01 Å². The van der Waals surface area contributed by atoms with Crippen molar-refractivity contribution in [3.63, 3.8) is 0 Å². The third-order valence-corrected chi connectivity index (χ3v) is 6.16. The van der Waals surface area contributed by atoms with Gasteiger partial charge in [0.15, 0.2) is 5.96 Å². The van der Waals surface area contributed by atoms with Crippen LogP contribution in [0.25, 0.3) is 0 Å². The molecule has 0 saturated heterocycles. The maximum absolute atomic E-state index is 12.3. The van der Waals surface area contributed by atoms with E-state index in [1.54, 1.807) is 18.4 Å². The summed E-state index contributed by atoms with van der Waals surface area (Å²) in [6.45, 7) is 5.39. The molecular formula is C21H29N5OS. The Kier molecular flexibility index (Phi) is 7.03. The Morgan fingerprint density at radius 1 is 1.21 bits per heavy atom. The molecule has 1 aromatic heterocycles. The molecule has 2 aromatic rings. The molecule has 1 aliphatic rings. The molecule has 1 heterocycles. The van der Waals surface area contributed by atoms with Crippen LogP contribution in [0.5, 0.6) is 0 Å². The quantitative estimate of drug-likeness (QED) is 0.511. The van der Waals surface area contributed by atoms with Gasteiger partial charge in [0, 0.05) is 30.1 Å². The van der Waals surface area contributed by atoms with E-state index in [1.807, 2.05) is 31.2 Å². The van der Waals surface area contributed by atoms with Crippen LogP contribution < -0.4 is 16.0 Å². The first-order chi connectivity index (χ1) is 13.5. The number of nitrogens with zero attached hydrogens (tertiary/aromatic N) is 2. The lowest BCUT2D eigenvalue weighted by Crippen LogP contribution is -2.36. The second-order valence-corrected chi connectivity index (χ2v) is 8.49. The average molecular weight is 400 g/mol. The lowest BCUT2D eigenvalue weighted by Gasteiger charge is -2.13. The van der Waals surface area contributed by atoms with Crippen LogP contribution in [0.2, 0.25) is 0 Å². The van der Waals surface area contributed by atoms with Crippen LogP contribution >= 0.6 is 11.3 Å². The predicted octanol–water partition coefficient (Wildman–Crippen LogP) is 3.75. The second kappa shape index (κ2) is 9.68. The highest BCUT2D eigenvalue weighted by molar-refractivity contribution is 7.11. The van der Waals surface area contributed by atoms with Crippen LogP contribution in [0.3, 0.4) is 0 Å². The number of benzene rings is 1. The summed E-state index contributed by atoms with van der Waals surface area (Å²) in [4.78, 5) is 22.4. The summed E-state index contributed by atoms with van der Waals surface area (Å²) in [5.74, 6) is 1.04. The third-order valence-electron chi connectivity index (χ3n) is 5.08. The van der Waals surface area contributed by atoms with Crippen molar-refractivity contribution in [3.8, 4) is 0 Å². The van der Waals surface area contributed by atoms with Gasteiger partial charge in [-0.1, -0.05) is 25.0 Å². The number of rotatable bonds is 6. The Balaban J connectivity index is 1.50. The lowest BCUT2D eigenvalue weighted by atomic mass is 10.1. The van der Waals surface area contributed by atoms with E-state index in [0.29, 0.717) is 13.1 Å². The number of anilines is 1. The average Bonchev–Trinajstić information content (AvgIpc) is 3.33. The Labute approximate surface area is 170 Å². The maximum Gasteiger partial charge on any atom is 0.227 e. The monoisotopic (exact) mass is 399 g/mol. The Bertz CT molecular complexity index is 820. The number of aromatic nitrogens is 1. The van der Waals surface area contributed by atoms with E-state index in [9.17, 15) is 4.79 Å². The van der Waals surface area contributed by atoms with Gasteiger partial charge in [0.2, 0.25) is 5.91 Å². The van der Waals surface area contributed by atoms with Gasteiger partial charge >= 0.3 is 0 Å². The Hall–Kier alpha value is -2.41. The van der Waals surface area contributed by atoms with Gasteiger partial charge in [0.25, 0.3) is 0 Å². The zero-order valence-electron chi connectivity index (χ0n) is 16.8. The van der Waals surface area contributed by atoms with Crippen LogP contribution in [0.1, 0.15) is 46.8 Å². The molecule has 3 N–H and O–H groups in total. The van der Waals surface area contributed by atoms with Gasteiger partial charge in [-0.3, -0.25) is 9.79 Å². The van der Waals surface area contributed by atoms with Gasteiger partial charge in [-0.2, -0.15) is 0 Å². The number of guanidine groups is 1. The zero-order valence-corrected chi connectivity index (χ0v) is 17.7. The van der Waals surface area contributed by atoms with E-state index in [0.717, 1.165) is 53.6 Å². The number of carbonyl (C=O) groups excluding carboxylic acids is 1. The first-order valence-corrected chi connectivity index (χ1v) is 10.6. The molecule has 0 radical (unpaired) electrons. The van der Waals surface area contributed by atoms with Crippen molar-refractivity contribution in [3.05, 3.63) is 45.4 Å². The third kappa shape index (κ3) is 5.55. The summed E-state index contributed by atoms with van der Waals surface area (Å²) in [5, 5.41) is 10.7. The molecule has 0 aliphatic heterocycles. The van der Waals surface area contributed by atoms with E-state index in [4.69, 9.17) is 0 Å². The zero-order chi connectivity index (χ0) is 19.9. The van der Waals surface area contributed by atoms with Crippen LogP contribution in [-0.4, -0.2) is 23.9 Å². The minimum absolute atomic E-state index is 0.147. The number of carbonyl (C=O) groups is 1. The van der Waals surface area contributed by atoms with E-state index in [1.165, 1.54) is 4.88 Å². The van der Waals surface area contributed by atoms with E-state index in [-0.39, 0.29) is 11.8 Å².